The fourth-order valence-corrected chi connectivity index (χ4v) is 5.91. The summed E-state index contributed by atoms with van der Waals surface area (Å²) in [6.07, 6.45) is 1.40. The van der Waals surface area contributed by atoms with E-state index in [-0.39, 0.29) is 24.5 Å². The van der Waals surface area contributed by atoms with Gasteiger partial charge in [-0.1, -0.05) is 79.7 Å². The molecule has 41 heavy (non-hydrogen) atoms. The van der Waals surface area contributed by atoms with E-state index in [0.29, 0.717) is 42.9 Å². The predicted molar refractivity (Wildman–Crippen MR) is 151 cm³/mol. The van der Waals surface area contributed by atoms with Crippen LogP contribution in [0.5, 0.6) is 0 Å². The number of carboxylic acid groups (broad SMARTS) is 2. The van der Waals surface area contributed by atoms with Gasteiger partial charge in [0.25, 0.3) is 5.89 Å². The molecule has 0 aliphatic carbocycles. The van der Waals surface area contributed by atoms with Gasteiger partial charge in [0.2, 0.25) is 5.82 Å². The lowest BCUT2D eigenvalue weighted by molar-refractivity contribution is -0.174. The second kappa shape index (κ2) is 11.2. The van der Waals surface area contributed by atoms with E-state index >= 15 is 0 Å². The summed E-state index contributed by atoms with van der Waals surface area (Å²) < 4.78 is 20.3. The van der Waals surface area contributed by atoms with Gasteiger partial charge in [-0.3, -0.25) is 14.5 Å². The Morgan fingerprint density at radius 3 is 2.20 bits per heavy atom. The molecule has 0 atom stereocenters. The molecule has 1 aliphatic heterocycles. The molecule has 3 aromatic carbocycles. The highest BCUT2D eigenvalue weighted by Crippen LogP contribution is 2.45. The molecule has 0 radical (unpaired) electrons. The Kier molecular flexibility index (Phi) is 7.73. The van der Waals surface area contributed by atoms with Crippen molar-refractivity contribution in [3.8, 4) is 34.0 Å². The topological polar surface area (TPSA) is 117 Å². The molecule has 0 bridgehead atoms. The molecule has 2 N–H and O–H groups in total. The second-order valence-corrected chi connectivity index (χ2v) is 10.7. The maximum atomic E-state index is 14.9. The fourth-order valence-electron chi connectivity index (χ4n) is 5.91. The summed E-state index contributed by atoms with van der Waals surface area (Å²) in [5, 5.41) is 23.7. The standard InChI is InChI=1S/C32H32FN3O5/c1-3-31(4-2)20-32(29(37)38,30(39)40)16-17-36(31)19-21-10-12-23(13-11-21)27-34-28(41-35-27)24-14-15-25(26(33)18-24)22-8-6-5-7-9-22/h5-15,18H,3-4,16-17,19-20H2,1-2H3,(H,37,38)(H,39,40). The van der Waals surface area contributed by atoms with Crippen LogP contribution >= 0.6 is 0 Å². The maximum absolute atomic E-state index is 14.9. The van der Waals surface area contributed by atoms with Gasteiger partial charge in [0.1, 0.15) is 5.82 Å². The van der Waals surface area contributed by atoms with Crippen LogP contribution in [0, 0.1) is 11.2 Å². The predicted octanol–water partition coefficient (Wildman–Crippen LogP) is 6.52. The molecular formula is C32H32FN3O5. The van der Waals surface area contributed by atoms with Crippen LogP contribution in [0.4, 0.5) is 4.39 Å². The van der Waals surface area contributed by atoms with E-state index in [1.807, 2.05) is 68.4 Å². The van der Waals surface area contributed by atoms with Crippen molar-refractivity contribution in [2.75, 3.05) is 6.54 Å². The molecule has 0 saturated carbocycles. The quantitative estimate of drug-likeness (QED) is 0.223. The minimum absolute atomic E-state index is 0.0516. The zero-order valence-corrected chi connectivity index (χ0v) is 23.0. The second-order valence-electron chi connectivity index (χ2n) is 10.7. The first-order chi connectivity index (χ1) is 19.7. The number of hydrogen-bond donors (Lipinski definition) is 2. The third-order valence-corrected chi connectivity index (χ3v) is 8.56. The first-order valence-corrected chi connectivity index (χ1v) is 13.7. The van der Waals surface area contributed by atoms with Crippen molar-refractivity contribution < 1.29 is 28.7 Å². The summed E-state index contributed by atoms with van der Waals surface area (Å²) >= 11 is 0. The molecule has 1 aromatic heterocycles. The fraction of sp³-hybridized carbons (Fsp3) is 0.312. The first-order valence-electron chi connectivity index (χ1n) is 13.7. The number of benzene rings is 3. The number of likely N-dealkylation sites (tertiary alicyclic amines) is 1. The third kappa shape index (κ3) is 5.25. The lowest BCUT2D eigenvalue weighted by atomic mass is 9.67. The van der Waals surface area contributed by atoms with Gasteiger partial charge in [-0.25, -0.2) is 4.39 Å². The summed E-state index contributed by atoms with van der Waals surface area (Å²) in [5.74, 6) is -2.33. The van der Waals surface area contributed by atoms with Gasteiger partial charge < -0.3 is 14.7 Å². The number of aliphatic carboxylic acids is 2. The van der Waals surface area contributed by atoms with E-state index in [0.717, 1.165) is 16.7 Å². The van der Waals surface area contributed by atoms with Crippen molar-refractivity contribution >= 4 is 11.9 Å². The molecule has 5 rings (SSSR count). The lowest BCUT2D eigenvalue weighted by Crippen LogP contribution is -2.60. The summed E-state index contributed by atoms with van der Waals surface area (Å²) in [7, 11) is 0. The number of piperidine rings is 1. The number of carboxylic acids is 2. The van der Waals surface area contributed by atoms with Crippen molar-refractivity contribution in [3.63, 3.8) is 0 Å². The van der Waals surface area contributed by atoms with E-state index in [4.69, 9.17) is 4.52 Å². The van der Waals surface area contributed by atoms with Crippen molar-refractivity contribution in [1.29, 1.82) is 0 Å². The van der Waals surface area contributed by atoms with E-state index in [1.165, 1.54) is 6.07 Å². The van der Waals surface area contributed by atoms with Crippen molar-refractivity contribution in [2.24, 2.45) is 5.41 Å². The molecule has 8 nitrogen and oxygen atoms in total. The van der Waals surface area contributed by atoms with Gasteiger partial charge in [-0.15, -0.1) is 0 Å². The first kappa shape index (κ1) is 28.2. The molecule has 2 heterocycles. The summed E-state index contributed by atoms with van der Waals surface area (Å²) in [5.41, 5.74) is 1.18. The van der Waals surface area contributed by atoms with Crippen LogP contribution < -0.4 is 0 Å². The van der Waals surface area contributed by atoms with Gasteiger partial charge in [0, 0.05) is 35.3 Å². The van der Waals surface area contributed by atoms with Crippen LogP contribution in [0.15, 0.2) is 77.3 Å². The largest absolute Gasteiger partial charge is 0.480 e. The van der Waals surface area contributed by atoms with Crippen LogP contribution in [-0.4, -0.2) is 49.3 Å². The highest BCUT2D eigenvalue weighted by molar-refractivity contribution is 5.98. The SMILES string of the molecule is CCC1(CC)CC(C(=O)O)(C(=O)O)CCN1Cc1ccc(-c2noc(-c3ccc(-c4ccccc4)c(F)c3)n2)cc1. The van der Waals surface area contributed by atoms with Crippen molar-refractivity contribution in [1.82, 2.24) is 15.0 Å². The monoisotopic (exact) mass is 557 g/mol. The number of halogens is 1. The van der Waals surface area contributed by atoms with Crippen LogP contribution in [-0.2, 0) is 16.1 Å². The Morgan fingerprint density at radius 2 is 1.59 bits per heavy atom. The molecule has 1 fully saturated rings. The van der Waals surface area contributed by atoms with Crippen LogP contribution in [0.2, 0.25) is 0 Å². The van der Waals surface area contributed by atoms with Crippen LogP contribution in [0.3, 0.4) is 0 Å². The Hall–Kier alpha value is -4.37. The highest BCUT2D eigenvalue weighted by Gasteiger charge is 2.56. The van der Waals surface area contributed by atoms with E-state index < -0.39 is 22.9 Å². The van der Waals surface area contributed by atoms with Crippen LogP contribution in [0.25, 0.3) is 34.0 Å². The summed E-state index contributed by atoms with van der Waals surface area (Å²) in [6.45, 7) is 4.89. The zero-order valence-electron chi connectivity index (χ0n) is 23.0. The molecule has 0 unspecified atom stereocenters. The summed E-state index contributed by atoms with van der Waals surface area (Å²) in [6, 6.07) is 21.8. The normalized spacial score (nSPS) is 16.4. The number of carbonyl (C=O) groups is 2. The number of nitrogens with zero attached hydrogens (tertiary/aromatic N) is 3. The van der Waals surface area contributed by atoms with Crippen molar-refractivity contribution in [3.05, 3.63) is 84.2 Å². The molecule has 0 amide bonds. The van der Waals surface area contributed by atoms with Gasteiger partial charge in [0.05, 0.1) is 0 Å². The molecule has 212 valence electrons. The lowest BCUT2D eigenvalue weighted by Gasteiger charge is -2.51. The highest BCUT2D eigenvalue weighted by atomic mass is 19.1. The Bertz CT molecular complexity index is 1530. The molecule has 0 spiro atoms. The number of rotatable bonds is 9. The van der Waals surface area contributed by atoms with Crippen LogP contribution in [0.1, 0.15) is 45.1 Å². The van der Waals surface area contributed by atoms with Gasteiger partial charge in [-0.05, 0) is 48.9 Å². The average molecular weight is 558 g/mol. The van der Waals surface area contributed by atoms with E-state index in [9.17, 15) is 24.2 Å². The molecule has 4 aromatic rings. The Morgan fingerprint density at radius 1 is 0.927 bits per heavy atom. The maximum Gasteiger partial charge on any atom is 0.321 e. The van der Waals surface area contributed by atoms with Gasteiger partial charge in [0.15, 0.2) is 5.41 Å². The number of hydrogen-bond acceptors (Lipinski definition) is 6. The van der Waals surface area contributed by atoms with Crippen molar-refractivity contribution in [2.45, 2.75) is 51.6 Å². The Labute approximate surface area is 237 Å². The average Bonchev–Trinajstić information content (AvgIpc) is 3.48. The molecule has 1 aliphatic rings. The van der Waals surface area contributed by atoms with Gasteiger partial charge >= 0.3 is 11.9 Å². The minimum Gasteiger partial charge on any atom is -0.480 e. The summed E-state index contributed by atoms with van der Waals surface area (Å²) in [4.78, 5) is 30.7. The molecular weight excluding hydrogens is 525 g/mol. The zero-order chi connectivity index (χ0) is 29.2. The smallest absolute Gasteiger partial charge is 0.321 e. The Balaban J connectivity index is 1.32. The minimum atomic E-state index is -1.77. The molecule has 1 saturated heterocycles. The number of aromatic nitrogens is 2. The molecule has 9 heteroatoms. The van der Waals surface area contributed by atoms with E-state index in [1.54, 1.807) is 12.1 Å². The van der Waals surface area contributed by atoms with E-state index in [2.05, 4.69) is 15.0 Å². The van der Waals surface area contributed by atoms with Gasteiger partial charge in [-0.2, -0.15) is 4.98 Å². The third-order valence-electron chi connectivity index (χ3n) is 8.56.